The number of carbonyl (C=O) groups is 1. The van der Waals surface area contributed by atoms with E-state index in [4.69, 9.17) is 31.2 Å². The van der Waals surface area contributed by atoms with Crippen LogP contribution in [-0.4, -0.2) is 72.7 Å². The van der Waals surface area contributed by atoms with Crippen molar-refractivity contribution in [3.05, 3.63) is 117 Å². The molecule has 51 heavy (non-hydrogen) atoms. The molecule has 3 atom stereocenters. The summed E-state index contributed by atoms with van der Waals surface area (Å²) in [5, 5.41) is 38.5. The molecule has 0 saturated carbocycles. The Hall–Kier alpha value is -4.21. The van der Waals surface area contributed by atoms with Crippen LogP contribution in [-0.2, 0) is 29.3 Å². The molecule has 1 unspecified atom stereocenters. The van der Waals surface area contributed by atoms with Gasteiger partial charge < -0.3 is 34.9 Å². The number of hydrogen-bond donors (Lipinski definition) is 4. The van der Waals surface area contributed by atoms with Crippen LogP contribution in [0.5, 0.6) is 5.75 Å². The maximum Gasteiger partial charge on any atom is 0.329 e. The lowest BCUT2D eigenvalue weighted by Crippen LogP contribution is -2.56. The number of aliphatic carboxylic acids is 1. The zero-order valence-corrected chi connectivity index (χ0v) is 30.0. The first-order valence-electron chi connectivity index (χ1n) is 16.2. The molecule has 0 aliphatic carbocycles. The number of likely N-dealkylation sites (tertiary alicyclic amines) is 1. The Morgan fingerprint density at radius 3 is 2.61 bits per heavy atom. The molecule has 3 heterocycles. The minimum atomic E-state index is -2.14. The van der Waals surface area contributed by atoms with E-state index in [1.54, 1.807) is 36.7 Å². The van der Waals surface area contributed by atoms with Crippen molar-refractivity contribution in [3.63, 3.8) is 0 Å². The number of nitrogens with two attached hydrogens (primary N) is 1. The lowest BCUT2D eigenvalue weighted by atomic mass is 9.89. The molecule has 5 aromatic rings. The highest BCUT2D eigenvalue weighted by atomic mass is 79.9. The molecule has 1 fully saturated rings. The number of aliphatic hydroxyl groups excluding tert-OH is 2. The molecule has 2 aromatic heterocycles. The number of aromatic nitrogens is 3. The van der Waals surface area contributed by atoms with E-state index in [-0.39, 0.29) is 24.3 Å². The van der Waals surface area contributed by atoms with Crippen molar-refractivity contribution in [2.75, 3.05) is 19.7 Å². The van der Waals surface area contributed by atoms with Crippen LogP contribution < -0.4 is 10.5 Å². The predicted molar refractivity (Wildman–Crippen MR) is 193 cm³/mol. The molecule has 0 bridgehead atoms. The smallest absolute Gasteiger partial charge is 0.329 e. The van der Waals surface area contributed by atoms with Crippen LogP contribution >= 0.6 is 27.5 Å². The van der Waals surface area contributed by atoms with Gasteiger partial charge in [0.1, 0.15) is 18.5 Å². The second kappa shape index (κ2) is 16.0. The molecule has 6 rings (SSSR count). The van der Waals surface area contributed by atoms with Crippen LogP contribution in [0.4, 0.5) is 0 Å². The Bertz CT molecular complexity index is 2000. The summed E-state index contributed by atoms with van der Waals surface area (Å²) in [5.74, 6) is -0.137. The third-order valence-corrected chi connectivity index (χ3v) is 10.1. The van der Waals surface area contributed by atoms with Gasteiger partial charge in [0.05, 0.1) is 30.9 Å². The molecule has 266 valence electrons. The third-order valence-electron chi connectivity index (χ3n) is 8.92. The lowest BCUT2D eigenvalue weighted by Gasteiger charge is -2.32. The summed E-state index contributed by atoms with van der Waals surface area (Å²) in [4.78, 5) is 18.3. The molecular formula is C37H37BrClN5O7. The second-order valence-electron chi connectivity index (χ2n) is 12.5. The Morgan fingerprint density at radius 2 is 1.90 bits per heavy atom. The summed E-state index contributed by atoms with van der Waals surface area (Å²) >= 11 is 10.5. The highest BCUT2D eigenvalue weighted by molar-refractivity contribution is 9.10. The van der Waals surface area contributed by atoms with Gasteiger partial charge in [0.15, 0.2) is 5.54 Å². The fourth-order valence-corrected chi connectivity index (χ4v) is 6.89. The molecule has 1 saturated heterocycles. The van der Waals surface area contributed by atoms with Crippen molar-refractivity contribution >= 4 is 33.5 Å². The van der Waals surface area contributed by atoms with Crippen molar-refractivity contribution in [3.8, 4) is 28.3 Å². The van der Waals surface area contributed by atoms with Gasteiger partial charge in [-0.25, -0.2) is 0 Å². The van der Waals surface area contributed by atoms with Gasteiger partial charge in [0.2, 0.25) is 11.8 Å². The first-order chi connectivity index (χ1) is 24.6. The second-order valence-corrected chi connectivity index (χ2v) is 13.7. The van der Waals surface area contributed by atoms with E-state index in [1.807, 2.05) is 43.3 Å². The lowest BCUT2D eigenvalue weighted by molar-refractivity contribution is -0.154. The standard InChI is InChI=1S/C37H37BrClN5O7/c1-22-27(7-3-8-28(22)35-43-42-32(51-35)18-44-14-12-26(46)17-44)29-9-2-6-25(33(29)38)20-49-31-11-10-24(15-30(31)39)34(37(40,21-45)36(47)48)50-19-23-5-4-13-41-16-23/h2-11,13,15-16,26,34,45-46H,12,14,17-21,40H2,1H3,(H,47,48)/t26-,34?,37-/m1/s1. The van der Waals surface area contributed by atoms with Crippen LogP contribution in [0.1, 0.15) is 40.7 Å². The summed E-state index contributed by atoms with van der Waals surface area (Å²) < 4.78 is 19.0. The predicted octanol–water partition coefficient (Wildman–Crippen LogP) is 5.70. The Balaban J connectivity index is 1.19. The van der Waals surface area contributed by atoms with E-state index < -0.39 is 24.2 Å². The van der Waals surface area contributed by atoms with Crippen LogP contribution in [0.25, 0.3) is 22.6 Å². The van der Waals surface area contributed by atoms with E-state index in [9.17, 15) is 20.1 Å². The minimum absolute atomic E-state index is 0.00776. The van der Waals surface area contributed by atoms with Crippen molar-refractivity contribution in [1.82, 2.24) is 20.1 Å². The van der Waals surface area contributed by atoms with Gasteiger partial charge in [-0.1, -0.05) is 54.1 Å². The maximum absolute atomic E-state index is 12.2. The molecule has 1 aliphatic rings. The molecule has 0 spiro atoms. The van der Waals surface area contributed by atoms with Gasteiger partial charge in [-0.15, -0.1) is 10.2 Å². The average molecular weight is 779 g/mol. The van der Waals surface area contributed by atoms with Gasteiger partial charge in [-0.05, 0) is 81.4 Å². The van der Waals surface area contributed by atoms with Crippen molar-refractivity contribution in [1.29, 1.82) is 0 Å². The number of hydrogen-bond acceptors (Lipinski definition) is 11. The normalized spacial score (nSPS) is 16.5. The summed E-state index contributed by atoms with van der Waals surface area (Å²) in [6, 6.07) is 20.1. The van der Waals surface area contributed by atoms with Gasteiger partial charge in [0.25, 0.3) is 0 Å². The minimum Gasteiger partial charge on any atom is -0.487 e. The van der Waals surface area contributed by atoms with Crippen LogP contribution in [0, 0.1) is 6.92 Å². The molecule has 3 aromatic carbocycles. The molecular weight excluding hydrogens is 742 g/mol. The van der Waals surface area contributed by atoms with Crippen molar-refractivity contribution in [2.45, 2.75) is 50.8 Å². The Labute approximate surface area is 307 Å². The first-order valence-corrected chi connectivity index (χ1v) is 17.4. The molecule has 0 radical (unpaired) electrons. The zero-order valence-electron chi connectivity index (χ0n) is 27.7. The van der Waals surface area contributed by atoms with Crippen molar-refractivity contribution in [2.24, 2.45) is 5.73 Å². The number of aliphatic hydroxyl groups is 2. The third kappa shape index (κ3) is 8.15. The monoisotopic (exact) mass is 777 g/mol. The number of pyridine rings is 1. The van der Waals surface area contributed by atoms with E-state index in [0.717, 1.165) is 45.3 Å². The maximum atomic E-state index is 12.2. The van der Waals surface area contributed by atoms with Gasteiger partial charge in [0, 0.05) is 41.1 Å². The summed E-state index contributed by atoms with van der Waals surface area (Å²) in [7, 11) is 0. The van der Waals surface area contributed by atoms with Crippen LogP contribution in [0.3, 0.4) is 0 Å². The SMILES string of the molecule is Cc1c(-c2nnc(CN3CC[C@@H](O)C3)o2)cccc1-c1cccc(COc2ccc(C(OCc3cccnc3)[C@](N)(CO)C(=O)O)cc2Cl)c1Br. The van der Waals surface area contributed by atoms with Gasteiger partial charge in [-0.3, -0.25) is 14.7 Å². The summed E-state index contributed by atoms with van der Waals surface area (Å²) in [6.45, 7) is 3.17. The molecule has 5 N–H and O–H groups in total. The molecule has 12 nitrogen and oxygen atoms in total. The van der Waals surface area contributed by atoms with Gasteiger partial charge >= 0.3 is 5.97 Å². The van der Waals surface area contributed by atoms with Crippen LogP contribution in [0.15, 0.2) is 88.0 Å². The van der Waals surface area contributed by atoms with Gasteiger partial charge in [-0.2, -0.15) is 0 Å². The van der Waals surface area contributed by atoms with E-state index in [2.05, 4.69) is 36.0 Å². The van der Waals surface area contributed by atoms with Crippen molar-refractivity contribution < 1.29 is 34.0 Å². The Kier molecular flexibility index (Phi) is 11.5. The number of carboxylic acids is 1. The number of benzene rings is 3. The number of β-amino-alcohol motifs (C(OH)–C–C–N with tert-alkyl or cyclic N) is 1. The number of carboxylic acid groups (broad SMARTS) is 1. The number of ether oxygens (including phenoxy) is 2. The summed E-state index contributed by atoms with van der Waals surface area (Å²) in [6.07, 6.45) is 2.38. The molecule has 14 heteroatoms. The molecule has 1 aliphatic heterocycles. The zero-order chi connectivity index (χ0) is 36.1. The number of halogens is 2. The van der Waals surface area contributed by atoms with E-state index in [0.29, 0.717) is 41.7 Å². The quantitative estimate of drug-likeness (QED) is 0.108. The Morgan fingerprint density at radius 1 is 1.12 bits per heavy atom. The average Bonchev–Trinajstić information content (AvgIpc) is 3.77. The first kappa shape index (κ1) is 36.6. The highest BCUT2D eigenvalue weighted by Crippen LogP contribution is 2.38. The largest absolute Gasteiger partial charge is 0.487 e. The van der Waals surface area contributed by atoms with E-state index in [1.165, 1.54) is 6.07 Å². The fraction of sp³-hybridized carbons (Fsp3) is 0.297. The highest BCUT2D eigenvalue weighted by Gasteiger charge is 2.44. The number of rotatable bonds is 14. The van der Waals surface area contributed by atoms with Crippen LogP contribution in [0.2, 0.25) is 5.02 Å². The summed E-state index contributed by atoms with van der Waals surface area (Å²) in [5.41, 5.74) is 9.64. The number of nitrogens with zero attached hydrogens (tertiary/aromatic N) is 4. The topological polar surface area (TPSA) is 177 Å². The van der Waals surface area contributed by atoms with E-state index >= 15 is 0 Å². The fourth-order valence-electron chi connectivity index (χ4n) is 6.05. The molecule has 0 amide bonds.